The van der Waals surface area contributed by atoms with Crippen LogP contribution in [-0.2, 0) is 4.79 Å². The van der Waals surface area contributed by atoms with E-state index in [1.54, 1.807) is 0 Å². The van der Waals surface area contributed by atoms with Crippen molar-refractivity contribution < 1.29 is 15.0 Å². The molecule has 22 heavy (non-hydrogen) atoms. The van der Waals surface area contributed by atoms with Crippen molar-refractivity contribution in [3.05, 3.63) is 0 Å². The Balaban J connectivity index is 1.68. The van der Waals surface area contributed by atoms with Gasteiger partial charge in [0.25, 0.3) is 0 Å². The van der Waals surface area contributed by atoms with Gasteiger partial charge in [0.15, 0.2) is 0 Å². The molecule has 0 bridgehead atoms. The average molecular weight is 306 g/mol. The quantitative estimate of drug-likeness (QED) is 0.723. The maximum absolute atomic E-state index is 13.0. The molecule has 4 aliphatic rings. The highest BCUT2D eigenvalue weighted by molar-refractivity contribution is 5.83. The van der Waals surface area contributed by atoms with E-state index in [0.29, 0.717) is 30.0 Å². The third-order valence-electron chi connectivity index (χ3n) is 8.19. The molecule has 2 N–H and O–H groups in total. The van der Waals surface area contributed by atoms with Gasteiger partial charge in [-0.2, -0.15) is 0 Å². The zero-order valence-corrected chi connectivity index (χ0v) is 13.9. The fourth-order valence-electron chi connectivity index (χ4n) is 6.93. The second-order valence-corrected chi connectivity index (χ2v) is 9.33. The summed E-state index contributed by atoms with van der Waals surface area (Å²) in [5, 5.41) is 20.2. The highest BCUT2D eigenvalue weighted by atomic mass is 16.3. The van der Waals surface area contributed by atoms with Crippen molar-refractivity contribution in [2.75, 3.05) is 0 Å². The summed E-state index contributed by atoms with van der Waals surface area (Å²) in [6.07, 6.45) is 7.04. The fourth-order valence-corrected chi connectivity index (χ4v) is 6.93. The van der Waals surface area contributed by atoms with Gasteiger partial charge >= 0.3 is 0 Å². The van der Waals surface area contributed by atoms with Gasteiger partial charge in [0, 0.05) is 12.3 Å². The maximum atomic E-state index is 13.0. The van der Waals surface area contributed by atoms with Crippen molar-refractivity contribution in [2.45, 2.75) is 77.4 Å². The van der Waals surface area contributed by atoms with Crippen LogP contribution in [0.5, 0.6) is 0 Å². The molecule has 0 aromatic heterocycles. The topological polar surface area (TPSA) is 57.5 Å². The summed E-state index contributed by atoms with van der Waals surface area (Å²) in [7, 11) is 0. The molecule has 4 saturated carbocycles. The number of fused-ring (bicyclic) bond motifs is 5. The van der Waals surface area contributed by atoms with E-state index in [-0.39, 0.29) is 29.0 Å². The van der Waals surface area contributed by atoms with E-state index in [2.05, 4.69) is 13.8 Å². The standard InChI is InChI=1S/C19H30O3/c1-18-5-4-14-17(15(18)9-13(21)10-18)16(22)8-11-7-12(20)3-6-19(11,14)2/h11-15,17,20-21H,3-10H2,1-2H3. The van der Waals surface area contributed by atoms with Crippen molar-refractivity contribution in [3.8, 4) is 0 Å². The van der Waals surface area contributed by atoms with E-state index in [1.165, 1.54) is 0 Å². The number of carbonyl (C=O) groups excluding carboxylic acids is 1. The first-order valence-corrected chi connectivity index (χ1v) is 9.22. The molecule has 124 valence electrons. The van der Waals surface area contributed by atoms with E-state index in [9.17, 15) is 15.0 Å². The molecule has 4 fully saturated rings. The molecule has 0 aromatic rings. The summed E-state index contributed by atoms with van der Waals surface area (Å²) in [4.78, 5) is 13.0. The molecule has 0 saturated heterocycles. The highest BCUT2D eigenvalue weighted by Gasteiger charge is 2.61. The lowest BCUT2D eigenvalue weighted by atomic mass is 9.45. The van der Waals surface area contributed by atoms with Crippen molar-refractivity contribution in [1.82, 2.24) is 0 Å². The first-order valence-electron chi connectivity index (χ1n) is 9.22. The van der Waals surface area contributed by atoms with E-state index in [1.807, 2.05) is 0 Å². The summed E-state index contributed by atoms with van der Waals surface area (Å²) in [5.74, 6) is 1.85. The van der Waals surface area contributed by atoms with Crippen LogP contribution in [0, 0.1) is 34.5 Å². The minimum absolute atomic E-state index is 0.174. The van der Waals surface area contributed by atoms with Gasteiger partial charge in [-0.3, -0.25) is 4.79 Å². The molecule has 8 unspecified atom stereocenters. The molecule has 0 aliphatic heterocycles. The Hall–Kier alpha value is -0.410. The largest absolute Gasteiger partial charge is 0.393 e. The number of carbonyl (C=O) groups is 1. The molecule has 8 atom stereocenters. The highest BCUT2D eigenvalue weighted by Crippen LogP contribution is 2.65. The van der Waals surface area contributed by atoms with Gasteiger partial charge in [0.05, 0.1) is 12.2 Å². The zero-order chi connectivity index (χ0) is 15.7. The molecule has 0 aromatic carbocycles. The molecule has 4 aliphatic carbocycles. The van der Waals surface area contributed by atoms with Crippen LogP contribution in [0.3, 0.4) is 0 Å². The first kappa shape index (κ1) is 15.1. The van der Waals surface area contributed by atoms with Crippen molar-refractivity contribution in [3.63, 3.8) is 0 Å². The normalized spacial score (nSPS) is 57.9. The smallest absolute Gasteiger partial charge is 0.136 e. The SMILES string of the molecule is CC12CCC3C(C(=O)CC4CC(O)CCC43C)C1CC(O)C2. The van der Waals surface area contributed by atoms with E-state index >= 15 is 0 Å². The Morgan fingerprint density at radius 3 is 2.55 bits per heavy atom. The molecule has 4 rings (SSSR count). The van der Waals surface area contributed by atoms with Crippen molar-refractivity contribution in [2.24, 2.45) is 34.5 Å². The van der Waals surface area contributed by atoms with Crippen LogP contribution in [-0.4, -0.2) is 28.2 Å². The third kappa shape index (κ3) is 1.97. The van der Waals surface area contributed by atoms with Crippen LogP contribution in [0.25, 0.3) is 0 Å². The van der Waals surface area contributed by atoms with Gasteiger partial charge in [0.2, 0.25) is 0 Å². The van der Waals surface area contributed by atoms with Gasteiger partial charge in [-0.1, -0.05) is 13.8 Å². The molecule has 0 radical (unpaired) electrons. The minimum Gasteiger partial charge on any atom is -0.393 e. The average Bonchev–Trinajstić information content (AvgIpc) is 2.75. The van der Waals surface area contributed by atoms with Gasteiger partial charge in [0.1, 0.15) is 5.78 Å². The number of hydrogen-bond donors (Lipinski definition) is 2. The summed E-state index contributed by atoms with van der Waals surface area (Å²) in [6, 6.07) is 0. The Kier molecular flexibility index (Phi) is 3.30. The number of Topliss-reactive ketones (excluding diaryl/α,β-unsaturated/α-hetero) is 1. The van der Waals surface area contributed by atoms with E-state index < -0.39 is 0 Å². The fraction of sp³-hybridized carbons (Fsp3) is 0.947. The summed E-state index contributed by atoms with van der Waals surface area (Å²) >= 11 is 0. The lowest BCUT2D eigenvalue weighted by Gasteiger charge is -2.59. The molecule has 0 heterocycles. The Labute approximate surface area is 133 Å². The predicted molar refractivity (Wildman–Crippen MR) is 84.1 cm³/mol. The number of hydrogen-bond acceptors (Lipinski definition) is 3. The zero-order valence-electron chi connectivity index (χ0n) is 13.9. The van der Waals surface area contributed by atoms with Gasteiger partial charge in [-0.25, -0.2) is 0 Å². The maximum Gasteiger partial charge on any atom is 0.136 e. The Bertz CT molecular complexity index is 489. The Morgan fingerprint density at radius 2 is 1.77 bits per heavy atom. The van der Waals surface area contributed by atoms with Crippen LogP contribution in [0.4, 0.5) is 0 Å². The number of rotatable bonds is 0. The molecular formula is C19H30O3. The third-order valence-corrected chi connectivity index (χ3v) is 8.19. The van der Waals surface area contributed by atoms with Gasteiger partial charge < -0.3 is 10.2 Å². The Morgan fingerprint density at radius 1 is 1.00 bits per heavy atom. The lowest BCUT2D eigenvalue weighted by Crippen LogP contribution is -2.56. The van der Waals surface area contributed by atoms with E-state index in [0.717, 1.165) is 44.9 Å². The van der Waals surface area contributed by atoms with Crippen molar-refractivity contribution >= 4 is 5.78 Å². The van der Waals surface area contributed by atoms with Crippen LogP contribution in [0.2, 0.25) is 0 Å². The van der Waals surface area contributed by atoms with Crippen LogP contribution in [0.1, 0.15) is 65.2 Å². The van der Waals surface area contributed by atoms with Crippen molar-refractivity contribution in [1.29, 1.82) is 0 Å². The van der Waals surface area contributed by atoms with Crippen LogP contribution < -0.4 is 0 Å². The molecular weight excluding hydrogens is 276 g/mol. The minimum atomic E-state index is -0.208. The summed E-state index contributed by atoms with van der Waals surface area (Å²) in [6.45, 7) is 4.69. The number of aliphatic hydroxyl groups is 2. The monoisotopic (exact) mass is 306 g/mol. The molecule has 3 nitrogen and oxygen atoms in total. The molecule has 0 spiro atoms. The second-order valence-electron chi connectivity index (χ2n) is 9.33. The first-order chi connectivity index (χ1) is 10.3. The van der Waals surface area contributed by atoms with Crippen LogP contribution in [0.15, 0.2) is 0 Å². The van der Waals surface area contributed by atoms with Gasteiger partial charge in [-0.15, -0.1) is 0 Å². The predicted octanol–water partition coefficient (Wildman–Crippen LogP) is 2.93. The summed E-state index contributed by atoms with van der Waals surface area (Å²) in [5.41, 5.74) is 0.403. The number of ketones is 1. The lowest BCUT2D eigenvalue weighted by molar-refractivity contribution is -0.158. The number of aliphatic hydroxyl groups excluding tert-OH is 2. The summed E-state index contributed by atoms with van der Waals surface area (Å²) < 4.78 is 0. The van der Waals surface area contributed by atoms with Gasteiger partial charge in [-0.05, 0) is 73.5 Å². The van der Waals surface area contributed by atoms with E-state index in [4.69, 9.17) is 0 Å². The second kappa shape index (κ2) is 4.80. The molecule has 3 heteroatoms. The molecule has 0 amide bonds. The van der Waals surface area contributed by atoms with Crippen LogP contribution >= 0.6 is 0 Å².